The van der Waals surface area contributed by atoms with Gasteiger partial charge in [-0.25, -0.2) is 9.97 Å². The van der Waals surface area contributed by atoms with Gasteiger partial charge in [0.05, 0.1) is 6.61 Å². The molecule has 0 aliphatic heterocycles. The first-order chi connectivity index (χ1) is 8.21. The van der Waals surface area contributed by atoms with Crippen molar-refractivity contribution in [3.8, 4) is 0 Å². The average molecular weight is 238 g/mol. The van der Waals surface area contributed by atoms with Crippen molar-refractivity contribution in [1.29, 1.82) is 0 Å². The van der Waals surface area contributed by atoms with Crippen LogP contribution in [0.1, 0.15) is 26.6 Å². The molecule has 0 spiro atoms. The summed E-state index contributed by atoms with van der Waals surface area (Å²) in [5.41, 5.74) is 5.77. The van der Waals surface area contributed by atoms with Gasteiger partial charge in [0, 0.05) is 32.2 Å². The van der Waals surface area contributed by atoms with Gasteiger partial charge in [-0.2, -0.15) is 0 Å². The first kappa shape index (κ1) is 13.7. The Hall–Kier alpha value is -1.36. The van der Waals surface area contributed by atoms with Crippen LogP contribution >= 0.6 is 0 Å². The molecule has 0 unspecified atom stereocenters. The summed E-state index contributed by atoms with van der Waals surface area (Å²) >= 11 is 0. The quantitative estimate of drug-likeness (QED) is 0.729. The molecule has 17 heavy (non-hydrogen) atoms. The predicted molar refractivity (Wildman–Crippen MR) is 70.2 cm³/mol. The monoisotopic (exact) mass is 238 g/mol. The number of nitrogen functional groups attached to an aromatic ring is 1. The molecule has 1 rings (SSSR count). The van der Waals surface area contributed by atoms with Gasteiger partial charge in [0.1, 0.15) is 17.5 Å². The Morgan fingerprint density at radius 3 is 2.65 bits per heavy atom. The summed E-state index contributed by atoms with van der Waals surface area (Å²) in [6.45, 7) is 9.26. The molecule has 96 valence electrons. The van der Waals surface area contributed by atoms with Gasteiger partial charge in [-0.15, -0.1) is 0 Å². The molecule has 0 aliphatic carbocycles. The van der Waals surface area contributed by atoms with E-state index in [0.29, 0.717) is 12.4 Å². The van der Waals surface area contributed by atoms with Gasteiger partial charge in [-0.05, 0) is 13.8 Å². The maximum absolute atomic E-state index is 5.77. The lowest BCUT2D eigenvalue weighted by molar-refractivity contribution is 0.154. The minimum atomic E-state index is 0.529. The SMILES string of the molecule is CCOCCN(CC)c1cc(N)nc(CC)n1. The Kier molecular flexibility index (Phi) is 5.69. The number of hydrogen-bond donors (Lipinski definition) is 1. The molecule has 0 aromatic carbocycles. The van der Waals surface area contributed by atoms with Gasteiger partial charge < -0.3 is 15.4 Å². The molecule has 0 fully saturated rings. The molecular formula is C12H22N4O. The summed E-state index contributed by atoms with van der Waals surface area (Å²) in [6, 6.07) is 1.81. The van der Waals surface area contributed by atoms with Crippen LogP contribution in [-0.4, -0.2) is 36.3 Å². The van der Waals surface area contributed by atoms with Crippen molar-refractivity contribution in [2.24, 2.45) is 0 Å². The van der Waals surface area contributed by atoms with Crippen molar-refractivity contribution in [3.63, 3.8) is 0 Å². The topological polar surface area (TPSA) is 64.3 Å². The average Bonchev–Trinajstić information content (AvgIpc) is 2.34. The smallest absolute Gasteiger partial charge is 0.134 e. The molecular weight excluding hydrogens is 216 g/mol. The van der Waals surface area contributed by atoms with E-state index < -0.39 is 0 Å². The Labute approximate surface area is 103 Å². The van der Waals surface area contributed by atoms with Crippen molar-refractivity contribution < 1.29 is 4.74 Å². The van der Waals surface area contributed by atoms with Crippen LogP contribution in [-0.2, 0) is 11.2 Å². The third kappa shape index (κ3) is 4.19. The fourth-order valence-corrected chi connectivity index (χ4v) is 1.58. The van der Waals surface area contributed by atoms with E-state index in [4.69, 9.17) is 10.5 Å². The van der Waals surface area contributed by atoms with Crippen LogP contribution in [0.3, 0.4) is 0 Å². The van der Waals surface area contributed by atoms with E-state index >= 15 is 0 Å². The molecule has 0 aliphatic rings. The summed E-state index contributed by atoms with van der Waals surface area (Å²) in [4.78, 5) is 10.8. The maximum atomic E-state index is 5.77. The van der Waals surface area contributed by atoms with E-state index in [0.717, 1.165) is 37.8 Å². The van der Waals surface area contributed by atoms with Gasteiger partial charge in [-0.3, -0.25) is 0 Å². The Morgan fingerprint density at radius 2 is 2.06 bits per heavy atom. The van der Waals surface area contributed by atoms with Gasteiger partial charge in [0.2, 0.25) is 0 Å². The summed E-state index contributed by atoms with van der Waals surface area (Å²) in [5, 5.41) is 0. The van der Waals surface area contributed by atoms with Crippen LogP contribution in [0.25, 0.3) is 0 Å². The molecule has 0 saturated heterocycles. The Morgan fingerprint density at radius 1 is 1.29 bits per heavy atom. The van der Waals surface area contributed by atoms with Crippen molar-refractivity contribution in [3.05, 3.63) is 11.9 Å². The lowest BCUT2D eigenvalue weighted by atomic mass is 10.4. The molecule has 0 saturated carbocycles. The number of rotatable bonds is 7. The van der Waals surface area contributed by atoms with Gasteiger partial charge in [0.25, 0.3) is 0 Å². The highest BCUT2D eigenvalue weighted by Crippen LogP contribution is 2.14. The normalized spacial score (nSPS) is 10.5. The number of ether oxygens (including phenoxy) is 1. The summed E-state index contributed by atoms with van der Waals surface area (Å²) in [5.74, 6) is 2.20. The van der Waals surface area contributed by atoms with E-state index in [2.05, 4.69) is 21.8 Å². The van der Waals surface area contributed by atoms with E-state index in [9.17, 15) is 0 Å². The maximum Gasteiger partial charge on any atom is 0.134 e. The second-order valence-corrected chi connectivity index (χ2v) is 3.70. The number of nitrogens with zero attached hydrogens (tertiary/aromatic N) is 3. The number of nitrogens with two attached hydrogens (primary N) is 1. The molecule has 1 heterocycles. The fraction of sp³-hybridized carbons (Fsp3) is 0.667. The lowest BCUT2D eigenvalue weighted by Crippen LogP contribution is -2.28. The largest absolute Gasteiger partial charge is 0.384 e. The van der Waals surface area contributed by atoms with Gasteiger partial charge in [-0.1, -0.05) is 6.92 Å². The lowest BCUT2D eigenvalue weighted by Gasteiger charge is -2.22. The molecule has 0 radical (unpaired) electrons. The van der Waals surface area contributed by atoms with Gasteiger partial charge >= 0.3 is 0 Å². The molecule has 5 nitrogen and oxygen atoms in total. The molecule has 2 N–H and O–H groups in total. The minimum Gasteiger partial charge on any atom is -0.384 e. The van der Waals surface area contributed by atoms with Gasteiger partial charge in [0.15, 0.2) is 0 Å². The fourth-order valence-electron chi connectivity index (χ4n) is 1.58. The summed E-state index contributed by atoms with van der Waals surface area (Å²) in [6.07, 6.45) is 0.793. The minimum absolute atomic E-state index is 0.529. The molecule has 0 amide bonds. The van der Waals surface area contributed by atoms with Crippen LogP contribution < -0.4 is 10.6 Å². The Balaban J connectivity index is 2.76. The third-order valence-electron chi connectivity index (χ3n) is 2.51. The Bertz CT molecular complexity index is 343. The van der Waals surface area contributed by atoms with Crippen LogP contribution in [0.5, 0.6) is 0 Å². The van der Waals surface area contributed by atoms with E-state index in [-0.39, 0.29) is 0 Å². The highest BCUT2D eigenvalue weighted by atomic mass is 16.5. The van der Waals surface area contributed by atoms with Crippen molar-refractivity contribution >= 4 is 11.6 Å². The first-order valence-electron chi connectivity index (χ1n) is 6.17. The molecule has 1 aromatic rings. The van der Waals surface area contributed by atoms with E-state index in [1.807, 2.05) is 19.9 Å². The van der Waals surface area contributed by atoms with E-state index in [1.54, 1.807) is 0 Å². The van der Waals surface area contributed by atoms with Crippen LogP contribution in [0.2, 0.25) is 0 Å². The predicted octanol–water partition coefficient (Wildman–Crippen LogP) is 1.48. The second kappa shape index (κ2) is 7.06. The highest BCUT2D eigenvalue weighted by molar-refractivity contribution is 5.46. The molecule has 0 bridgehead atoms. The molecule has 0 atom stereocenters. The zero-order chi connectivity index (χ0) is 12.7. The van der Waals surface area contributed by atoms with Crippen LogP contribution in [0, 0.1) is 0 Å². The third-order valence-corrected chi connectivity index (χ3v) is 2.51. The molecule has 1 aromatic heterocycles. The van der Waals surface area contributed by atoms with Crippen molar-refractivity contribution in [2.45, 2.75) is 27.2 Å². The molecule has 5 heteroatoms. The number of anilines is 2. The zero-order valence-electron chi connectivity index (χ0n) is 10.9. The standard InChI is InChI=1S/C12H22N4O/c1-4-11-14-10(13)9-12(15-11)16(5-2)7-8-17-6-3/h9H,4-8H2,1-3H3,(H2,13,14,15). The van der Waals surface area contributed by atoms with Crippen molar-refractivity contribution in [1.82, 2.24) is 9.97 Å². The summed E-state index contributed by atoms with van der Waals surface area (Å²) < 4.78 is 5.36. The number of aryl methyl sites for hydroxylation is 1. The summed E-state index contributed by atoms with van der Waals surface area (Å²) in [7, 11) is 0. The highest BCUT2D eigenvalue weighted by Gasteiger charge is 2.08. The number of aromatic nitrogens is 2. The first-order valence-corrected chi connectivity index (χ1v) is 6.17. The van der Waals surface area contributed by atoms with Crippen LogP contribution in [0.15, 0.2) is 6.07 Å². The second-order valence-electron chi connectivity index (χ2n) is 3.70. The van der Waals surface area contributed by atoms with E-state index in [1.165, 1.54) is 0 Å². The number of hydrogen-bond acceptors (Lipinski definition) is 5. The van der Waals surface area contributed by atoms with Crippen LogP contribution in [0.4, 0.5) is 11.6 Å². The van der Waals surface area contributed by atoms with Crippen molar-refractivity contribution in [2.75, 3.05) is 36.9 Å². The zero-order valence-corrected chi connectivity index (χ0v) is 10.9. The number of likely N-dealkylation sites (N-methyl/N-ethyl adjacent to an activating group) is 1.